The second kappa shape index (κ2) is 6.13. The molecule has 0 atom stereocenters. The zero-order valence-corrected chi connectivity index (χ0v) is 11.3. The fraction of sp³-hybridized carbons (Fsp3) is 0.267. The summed E-state index contributed by atoms with van der Waals surface area (Å²) in [6, 6.07) is 8.35. The summed E-state index contributed by atoms with van der Waals surface area (Å²) in [6.45, 7) is 0.0722. The number of rotatable bonds is 4. The van der Waals surface area contributed by atoms with Crippen LogP contribution in [0.2, 0.25) is 0 Å². The maximum atomic E-state index is 12.2. The lowest BCUT2D eigenvalue weighted by Crippen LogP contribution is -2.19. The zero-order chi connectivity index (χ0) is 15.5. The molecular weight excluding hydrogens is 283 g/mol. The Hall–Kier alpha value is -2.08. The van der Waals surface area contributed by atoms with Crippen molar-refractivity contribution in [3.63, 3.8) is 0 Å². The van der Waals surface area contributed by atoms with E-state index in [9.17, 15) is 18.3 Å². The smallest absolute Gasteiger partial charge is 0.422 e. The summed E-state index contributed by atoms with van der Waals surface area (Å²) in [5, 5.41) is 9.29. The first-order valence-electron chi connectivity index (χ1n) is 6.25. The summed E-state index contributed by atoms with van der Waals surface area (Å²) in [6.07, 6.45) is -2.74. The van der Waals surface area contributed by atoms with Crippen molar-refractivity contribution in [1.29, 1.82) is 0 Å². The average Bonchev–Trinajstić information content (AvgIpc) is 2.45. The van der Waals surface area contributed by atoms with Crippen LogP contribution >= 0.6 is 0 Å². The SMILES string of the molecule is Cc1ccc(-c2ccc(OCC(F)(F)F)c(CO)c2)cn1. The number of hydrogen-bond acceptors (Lipinski definition) is 3. The zero-order valence-electron chi connectivity index (χ0n) is 11.3. The number of pyridine rings is 1. The van der Waals surface area contributed by atoms with Crippen molar-refractivity contribution in [2.75, 3.05) is 6.61 Å². The molecular formula is C15H14F3NO2. The van der Waals surface area contributed by atoms with Crippen LogP contribution in [0.1, 0.15) is 11.3 Å². The number of alkyl halides is 3. The van der Waals surface area contributed by atoms with Gasteiger partial charge in [-0.2, -0.15) is 13.2 Å². The fourth-order valence-corrected chi connectivity index (χ4v) is 1.82. The second-order valence-electron chi connectivity index (χ2n) is 4.57. The van der Waals surface area contributed by atoms with Gasteiger partial charge in [-0.25, -0.2) is 0 Å². The fourth-order valence-electron chi connectivity index (χ4n) is 1.82. The molecule has 1 aromatic heterocycles. The molecule has 0 bridgehead atoms. The number of benzene rings is 1. The van der Waals surface area contributed by atoms with Gasteiger partial charge in [0.1, 0.15) is 5.75 Å². The first-order valence-corrected chi connectivity index (χ1v) is 6.25. The summed E-state index contributed by atoms with van der Waals surface area (Å²) < 4.78 is 41.2. The average molecular weight is 297 g/mol. The van der Waals surface area contributed by atoms with Crippen LogP contribution in [-0.2, 0) is 6.61 Å². The van der Waals surface area contributed by atoms with Gasteiger partial charge in [-0.1, -0.05) is 12.1 Å². The Labute approximate surface area is 120 Å². The largest absolute Gasteiger partial charge is 0.484 e. The van der Waals surface area contributed by atoms with Gasteiger partial charge in [0.05, 0.1) is 6.61 Å². The van der Waals surface area contributed by atoms with Gasteiger partial charge >= 0.3 is 6.18 Å². The minimum atomic E-state index is -4.41. The van der Waals surface area contributed by atoms with Crippen molar-refractivity contribution < 1.29 is 23.0 Å². The van der Waals surface area contributed by atoms with Crippen molar-refractivity contribution in [1.82, 2.24) is 4.98 Å². The predicted octanol–water partition coefficient (Wildman–Crippen LogP) is 3.49. The molecule has 0 aliphatic heterocycles. The molecule has 0 amide bonds. The molecule has 0 aliphatic rings. The summed E-state index contributed by atoms with van der Waals surface area (Å²) in [4.78, 5) is 4.16. The Kier molecular flexibility index (Phi) is 4.47. The molecule has 0 spiro atoms. The van der Waals surface area contributed by atoms with Gasteiger partial charge in [0.25, 0.3) is 0 Å². The molecule has 0 saturated carbocycles. The summed E-state index contributed by atoms with van der Waals surface area (Å²) >= 11 is 0. The molecule has 0 aliphatic carbocycles. The Morgan fingerprint density at radius 1 is 1.14 bits per heavy atom. The topological polar surface area (TPSA) is 42.4 Å². The normalized spacial score (nSPS) is 11.5. The van der Waals surface area contributed by atoms with Gasteiger partial charge in [-0.15, -0.1) is 0 Å². The van der Waals surface area contributed by atoms with E-state index in [1.54, 1.807) is 18.3 Å². The van der Waals surface area contributed by atoms with Crippen molar-refractivity contribution in [3.8, 4) is 16.9 Å². The van der Waals surface area contributed by atoms with E-state index in [0.717, 1.165) is 16.8 Å². The molecule has 3 nitrogen and oxygen atoms in total. The van der Waals surface area contributed by atoms with E-state index in [1.807, 2.05) is 19.1 Å². The molecule has 2 rings (SSSR count). The van der Waals surface area contributed by atoms with Crippen molar-refractivity contribution in [2.45, 2.75) is 19.7 Å². The highest BCUT2D eigenvalue weighted by Crippen LogP contribution is 2.28. The quantitative estimate of drug-likeness (QED) is 0.939. The third-order valence-corrected chi connectivity index (χ3v) is 2.87. The maximum absolute atomic E-state index is 12.2. The van der Waals surface area contributed by atoms with E-state index in [0.29, 0.717) is 5.56 Å². The van der Waals surface area contributed by atoms with Gasteiger partial charge in [-0.3, -0.25) is 4.98 Å². The predicted molar refractivity (Wildman–Crippen MR) is 71.9 cm³/mol. The van der Waals surface area contributed by atoms with Crippen LogP contribution < -0.4 is 4.74 Å². The Bertz CT molecular complexity index is 609. The van der Waals surface area contributed by atoms with Crippen LogP contribution in [0.5, 0.6) is 5.75 Å². The van der Waals surface area contributed by atoms with Gasteiger partial charge in [0.15, 0.2) is 6.61 Å². The minimum Gasteiger partial charge on any atom is -0.484 e. The molecule has 1 N–H and O–H groups in total. The molecule has 0 radical (unpaired) electrons. The van der Waals surface area contributed by atoms with Crippen LogP contribution in [0.4, 0.5) is 13.2 Å². The molecule has 0 fully saturated rings. The molecule has 21 heavy (non-hydrogen) atoms. The third-order valence-electron chi connectivity index (χ3n) is 2.87. The highest BCUT2D eigenvalue weighted by Gasteiger charge is 2.28. The molecule has 112 valence electrons. The van der Waals surface area contributed by atoms with Crippen LogP contribution in [-0.4, -0.2) is 22.9 Å². The van der Waals surface area contributed by atoms with Gasteiger partial charge < -0.3 is 9.84 Å². The molecule has 0 unspecified atom stereocenters. The van der Waals surface area contributed by atoms with Crippen LogP contribution in [0.15, 0.2) is 36.5 Å². The Balaban J connectivity index is 2.25. The number of aliphatic hydroxyl groups is 1. The highest BCUT2D eigenvalue weighted by atomic mass is 19.4. The van der Waals surface area contributed by atoms with E-state index >= 15 is 0 Å². The van der Waals surface area contributed by atoms with Gasteiger partial charge in [0, 0.05) is 23.0 Å². The van der Waals surface area contributed by atoms with Crippen molar-refractivity contribution in [3.05, 3.63) is 47.8 Å². The monoisotopic (exact) mass is 297 g/mol. The second-order valence-corrected chi connectivity index (χ2v) is 4.57. The number of halogens is 3. The summed E-state index contributed by atoms with van der Waals surface area (Å²) in [5.74, 6) is 0.0265. The van der Waals surface area contributed by atoms with Crippen LogP contribution in [0.3, 0.4) is 0 Å². The van der Waals surface area contributed by atoms with E-state index < -0.39 is 19.4 Å². The first-order chi connectivity index (χ1) is 9.89. The van der Waals surface area contributed by atoms with E-state index in [1.165, 1.54) is 6.07 Å². The molecule has 1 aromatic carbocycles. The third kappa shape index (κ3) is 4.19. The maximum Gasteiger partial charge on any atom is 0.422 e. The van der Waals surface area contributed by atoms with E-state index in [4.69, 9.17) is 4.74 Å². The number of aliphatic hydroxyl groups excluding tert-OH is 1. The van der Waals surface area contributed by atoms with Crippen molar-refractivity contribution >= 4 is 0 Å². The highest BCUT2D eigenvalue weighted by molar-refractivity contribution is 5.64. The minimum absolute atomic E-state index is 0.0265. The van der Waals surface area contributed by atoms with E-state index in [2.05, 4.69) is 4.98 Å². The van der Waals surface area contributed by atoms with Crippen LogP contribution in [0.25, 0.3) is 11.1 Å². The Morgan fingerprint density at radius 3 is 2.43 bits per heavy atom. The Morgan fingerprint density at radius 2 is 1.86 bits per heavy atom. The molecule has 0 saturated heterocycles. The molecule has 1 heterocycles. The lowest BCUT2D eigenvalue weighted by atomic mass is 10.0. The standard InChI is InChI=1S/C15H14F3NO2/c1-10-2-3-12(7-19-10)11-4-5-14(13(6-11)8-20)21-9-15(16,17)18/h2-7,20H,8-9H2,1H3. The summed E-state index contributed by atoms with van der Waals surface area (Å²) in [7, 11) is 0. The molecule has 2 aromatic rings. The number of nitrogens with zero attached hydrogens (tertiary/aromatic N) is 1. The summed E-state index contributed by atoms with van der Waals surface area (Å²) in [5.41, 5.74) is 2.74. The van der Waals surface area contributed by atoms with Crippen LogP contribution in [0, 0.1) is 6.92 Å². The van der Waals surface area contributed by atoms with Crippen molar-refractivity contribution in [2.24, 2.45) is 0 Å². The number of hydrogen-bond donors (Lipinski definition) is 1. The lowest BCUT2D eigenvalue weighted by Gasteiger charge is -2.13. The molecule has 6 heteroatoms. The number of aryl methyl sites for hydroxylation is 1. The van der Waals surface area contributed by atoms with Gasteiger partial charge in [0.2, 0.25) is 0 Å². The first kappa shape index (κ1) is 15.3. The van der Waals surface area contributed by atoms with Gasteiger partial charge in [-0.05, 0) is 30.7 Å². The van der Waals surface area contributed by atoms with E-state index in [-0.39, 0.29) is 5.75 Å². The number of ether oxygens (including phenoxy) is 1. The lowest BCUT2D eigenvalue weighted by molar-refractivity contribution is -0.153. The number of aromatic nitrogens is 1.